The van der Waals surface area contributed by atoms with Crippen molar-refractivity contribution in [3.63, 3.8) is 0 Å². The highest BCUT2D eigenvalue weighted by Gasteiger charge is 2.32. The SMILES string of the molecule is CSCCC(NC(N)=O)C(=O)NCC1(O)CCCC1. The molecule has 7 heteroatoms. The molecule has 1 fully saturated rings. The molecule has 0 aromatic carbocycles. The van der Waals surface area contributed by atoms with Gasteiger partial charge in [0, 0.05) is 6.54 Å². The highest BCUT2D eigenvalue weighted by Crippen LogP contribution is 2.28. The van der Waals surface area contributed by atoms with Gasteiger partial charge < -0.3 is 21.5 Å². The molecule has 0 aliphatic heterocycles. The van der Waals surface area contributed by atoms with Crippen LogP contribution in [0.25, 0.3) is 0 Å². The predicted molar refractivity (Wildman–Crippen MR) is 75.9 cm³/mol. The Morgan fingerprint density at radius 1 is 1.42 bits per heavy atom. The summed E-state index contributed by atoms with van der Waals surface area (Å²) in [5.41, 5.74) is 4.28. The third-order valence-corrected chi connectivity index (χ3v) is 4.01. The maximum Gasteiger partial charge on any atom is 0.312 e. The lowest BCUT2D eigenvalue weighted by atomic mass is 10.0. The van der Waals surface area contributed by atoms with Crippen molar-refractivity contribution in [1.29, 1.82) is 0 Å². The average Bonchev–Trinajstić information content (AvgIpc) is 2.78. The molecule has 0 aromatic heterocycles. The fourth-order valence-corrected chi connectivity index (χ4v) is 2.73. The lowest BCUT2D eigenvalue weighted by molar-refractivity contribution is -0.124. The van der Waals surface area contributed by atoms with Crippen molar-refractivity contribution in [3.8, 4) is 0 Å². The number of nitrogens with two attached hydrogens (primary N) is 1. The lowest BCUT2D eigenvalue weighted by Gasteiger charge is -2.24. The van der Waals surface area contributed by atoms with Crippen LogP contribution in [0.1, 0.15) is 32.1 Å². The first-order valence-corrected chi connectivity index (χ1v) is 7.91. The first kappa shape index (κ1) is 16.1. The Morgan fingerprint density at radius 3 is 2.58 bits per heavy atom. The number of aliphatic hydroxyl groups is 1. The molecule has 0 aromatic rings. The van der Waals surface area contributed by atoms with Crippen LogP contribution in [0, 0.1) is 0 Å². The van der Waals surface area contributed by atoms with E-state index in [1.165, 1.54) is 0 Å². The quantitative estimate of drug-likeness (QED) is 0.537. The Bertz CT molecular complexity index is 319. The predicted octanol–water partition coefficient (Wildman–Crippen LogP) is 0.198. The summed E-state index contributed by atoms with van der Waals surface area (Å²) in [5, 5.41) is 15.3. The van der Waals surface area contributed by atoms with Crippen LogP contribution in [-0.2, 0) is 4.79 Å². The molecular formula is C12H23N3O3S. The first-order valence-electron chi connectivity index (χ1n) is 6.52. The Hall–Kier alpha value is -0.950. The molecule has 110 valence electrons. The summed E-state index contributed by atoms with van der Waals surface area (Å²) in [6, 6.07) is -1.34. The van der Waals surface area contributed by atoms with Crippen LogP contribution in [-0.4, -0.2) is 47.2 Å². The van der Waals surface area contributed by atoms with E-state index in [-0.39, 0.29) is 12.5 Å². The molecule has 1 aliphatic carbocycles. The van der Waals surface area contributed by atoms with Crippen molar-refractivity contribution < 1.29 is 14.7 Å². The van der Waals surface area contributed by atoms with E-state index in [2.05, 4.69) is 10.6 Å². The van der Waals surface area contributed by atoms with Crippen molar-refractivity contribution in [2.75, 3.05) is 18.6 Å². The van der Waals surface area contributed by atoms with Crippen LogP contribution in [0.2, 0.25) is 0 Å². The monoisotopic (exact) mass is 289 g/mol. The third kappa shape index (κ3) is 5.69. The summed E-state index contributed by atoms with van der Waals surface area (Å²) in [4.78, 5) is 22.9. The molecule has 0 heterocycles. The van der Waals surface area contributed by atoms with Crippen molar-refractivity contribution in [2.45, 2.75) is 43.7 Å². The fraction of sp³-hybridized carbons (Fsp3) is 0.833. The maximum atomic E-state index is 12.0. The van der Waals surface area contributed by atoms with Gasteiger partial charge in [0.25, 0.3) is 0 Å². The molecule has 1 unspecified atom stereocenters. The molecule has 0 bridgehead atoms. The standard InChI is InChI=1S/C12H23N3O3S/c1-19-7-4-9(15-11(13)17)10(16)14-8-12(18)5-2-3-6-12/h9,18H,2-8H2,1H3,(H,14,16)(H3,13,15,17). The zero-order valence-corrected chi connectivity index (χ0v) is 12.1. The minimum Gasteiger partial charge on any atom is -0.388 e. The lowest BCUT2D eigenvalue weighted by Crippen LogP contribution is -2.51. The fourth-order valence-electron chi connectivity index (χ4n) is 2.26. The number of amides is 3. The highest BCUT2D eigenvalue weighted by atomic mass is 32.2. The Morgan fingerprint density at radius 2 is 2.05 bits per heavy atom. The highest BCUT2D eigenvalue weighted by molar-refractivity contribution is 7.98. The number of nitrogens with one attached hydrogen (secondary N) is 2. The molecule has 19 heavy (non-hydrogen) atoms. The summed E-state index contributed by atoms with van der Waals surface area (Å²) < 4.78 is 0. The summed E-state index contributed by atoms with van der Waals surface area (Å²) in [5.74, 6) is 0.469. The number of hydrogen-bond acceptors (Lipinski definition) is 4. The van der Waals surface area contributed by atoms with E-state index in [1.807, 2.05) is 6.26 Å². The normalized spacial score (nSPS) is 18.8. The van der Waals surface area contributed by atoms with Gasteiger partial charge in [0.1, 0.15) is 6.04 Å². The van der Waals surface area contributed by atoms with Crippen LogP contribution < -0.4 is 16.4 Å². The number of carbonyl (C=O) groups excluding carboxylic acids is 2. The van der Waals surface area contributed by atoms with Crippen LogP contribution >= 0.6 is 11.8 Å². The van der Waals surface area contributed by atoms with E-state index in [9.17, 15) is 14.7 Å². The summed E-state index contributed by atoms with van der Waals surface area (Å²) in [7, 11) is 0. The van der Waals surface area contributed by atoms with Crippen molar-refractivity contribution in [3.05, 3.63) is 0 Å². The van der Waals surface area contributed by atoms with Gasteiger partial charge in [0.2, 0.25) is 5.91 Å². The second-order valence-corrected chi connectivity index (χ2v) is 5.98. The molecule has 5 N–H and O–H groups in total. The van der Waals surface area contributed by atoms with Crippen LogP contribution in [0.15, 0.2) is 0 Å². The third-order valence-electron chi connectivity index (χ3n) is 3.37. The molecule has 3 amide bonds. The smallest absolute Gasteiger partial charge is 0.312 e. The molecular weight excluding hydrogens is 266 g/mol. The van der Waals surface area contributed by atoms with E-state index in [1.54, 1.807) is 11.8 Å². The average molecular weight is 289 g/mol. The second kappa shape index (κ2) is 7.59. The minimum absolute atomic E-state index is 0.238. The summed E-state index contributed by atoms with van der Waals surface area (Å²) in [6.07, 6.45) is 5.86. The van der Waals surface area contributed by atoms with Gasteiger partial charge in [-0.05, 0) is 31.3 Å². The minimum atomic E-state index is -0.785. The second-order valence-electron chi connectivity index (χ2n) is 4.99. The number of carbonyl (C=O) groups is 2. The van der Waals surface area contributed by atoms with E-state index in [0.717, 1.165) is 18.6 Å². The van der Waals surface area contributed by atoms with E-state index < -0.39 is 17.7 Å². The Balaban J connectivity index is 2.43. The van der Waals surface area contributed by atoms with E-state index >= 15 is 0 Å². The van der Waals surface area contributed by atoms with Crippen molar-refractivity contribution in [2.24, 2.45) is 5.73 Å². The number of hydrogen-bond donors (Lipinski definition) is 4. The van der Waals surface area contributed by atoms with Crippen LogP contribution in [0.3, 0.4) is 0 Å². The molecule has 6 nitrogen and oxygen atoms in total. The zero-order chi connectivity index (χ0) is 14.3. The molecule has 1 aliphatic rings. The van der Waals surface area contributed by atoms with E-state index in [4.69, 9.17) is 5.73 Å². The zero-order valence-electron chi connectivity index (χ0n) is 11.3. The van der Waals surface area contributed by atoms with Gasteiger partial charge in [-0.1, -0.05) is 12.8 Å². The summed E-state index contributed by atoms with van der Waals surface area (Å²) in [6.45, 7) is 0.238. The maximum absolute atomic E-state index is 12.0. The Kier molecular flexibility index (Phi) is 6.44. The van der Waals surface area contributed by atoms with Crippen LogP contribution in [0.4, 0.5) is 4.79 Å². The van der Waals surface area contributed by atoms with Crippen molar-refractivity contribution in [1.82, 2.24) is 10.6 Å². The molecule has 1 rings (SSSR count). The number of urea groups is 1. The van der Waals surface area contributed by atoms with E-state index in [0.29, 0.717) is 19.3 Å². The van der Waals surface area contributed by atoms with Gasteiger partial charge in [-0.15, -0.1) is 0 Å². The van der Waals surface area contributed by atoms with Gasteiger partial charge in [-0.2, -0.15) is 11.8 Å². The van der Waals surface area contributed by atoms with Gasteiger partial charge in [0.05, 0.1) is 5.60 Å². The summed E-state index contributed by atoms with van der Waals surface area (Å²) >= 11 is 1.60. The molecule has 0 radical (unpaired) electrons. The number of primary amides is 1. The Labute approximate surface area is 117 Å². The largest absolute Gasteiger partial charge is 0.388 e. The van der Waals surface area contributed by atoms with Crippen LogP contribution in [0.5, 0.6) is 0 Å². The molecule has 1 atom stereocenters. The molecule has 1 saturated carbocycles. The topological polar surface area (TPSA) is 104 Å². The van der Waals surface area contributed by atoms with Gasteiger partial charge in [0.15, 0.2) is 0 Å². The first-order chi connectivity index (χ1) is 8.97. The molecule has 0 spiro atoms. The van der Waals surface area contributed by atoms with Gasteiger partial charge in [-0.3, -0.25) is 4.79 Å². The van der Waals surface area contributed by atoms with Gasteiger partial charge >= 0.3 is 6.03 Å². The molecule has 0 saturated heterocycles. The van der Waals surface area contributed by atoms with Crippen molar-refractivity contribution >= 4 is 23.7 Å². The number of thioether (sulfide) groups is 1. The number of rotatable bonds is 7. The van der Waals surface area contributed by atoms with Gasteiger partial charge in [-0.25, -0.2) is 4.79 Å².